The molecule has 0 fully saturated rings. The lowest BCUT2D eigenvalue weighted by molar-refractivity contribution is 0.300. The highest BCUT2D eigenvalue weighted by Crippen LogP contribution is 2.10. The minimum absolute atomic E-state index is 0.207. The second-order valence-electron chi connectivity index (χ2n) is 2.27. The highest BCUT2D eigenvalue weighted by molar-refractivity contribution is 7.80. The van der Waals surface area contributed by atoms with Crippen LogP contribution in [-0.2, 0) is 0 Å². The van der Waals surface area contributed by atoms with Crippen LogP contribution >= 0.6 is 12.2 Å². The first kappa shape index (κ1) is 7.63. The zero-order chi connectivity index (χ0) is 7.40. The minimum atomic E-state index is 0.207. The standard InChI is InChI=1S/C8H10OS/c9-5-4-7-2-1-3-8(10)6-7/h1-2,6,9H,3-5H2. The molecule has 0 amide bonds. The molecule has 0 saturated heterocycles. The van der Waals surface area contributed by atoms with Crippen molar-refractivity contribution in [1.29, 1.82) is 0 Å². The molecule has 0 aliphatic heterocycles. The van der Waals surface area contributed by atoms with Crippen molar-refractivity contribution in [3.8, 4) is 0 Å². The van der Waals surface area contributed by atoms with Crippen LogP contribution in [0.1, 0.15) is 12.8 Å². The van der Waals surface area contributed by atoms with E-state index in [1.165, 1.54) is 0 Å². The van der Waals surface area contributed by atoms with Crippen molar-refractivity contribution in [3.05, 3.63) is 23.8 Å². The number of hydrogen-bond acceptors (Lipinski definition) is 2. The fourth-order valence-corrected chi connectivity index (χ4v) is 1.17. The zero-order valence-corrected chi connectivity index (χ0v) is 6.53. The van der Waals surface area contributed by atoms with Crippen LogP contribution < -0.4 is 0 Å². The average Bonchev–Trinajstić information content (AvgIpc) is 1.88. The molecule has 0 aromatic carbocycles. The van der Waals surface area contributed by atoms with Gasteiger partial charge in [-0.2, -0.15) is 0 Å². The normalized spacial score (nSPS) is 17.3. The summed E-state index contributed by atoms with van der Waals surface area (Å²) in [5.41, 5.74) is 1.14. The summed E-state index contributed by atoms with van der Waals surface area (Å²) in [6, 6.07) is 0. The van der Waals surface area contributed by atoms with Gasteiger partial charge in [0, 0.05) is 17.9 Å². The summed E-state index contributed by atoms with van der Waals surface area (Å²) in [6.07, 6.45) is 7.62. The maximum Gasteiger partial charge on any atom is 0.0471 e. The summed E-state index contributed by atoms with van der Waals surface area (Å²) in [5, 5.41) is 8.59. The van der Waals surface area contributed by atoms with Crippen molar-refractivity contribution in [2.75, 3.05) is 6.61 Å². The van der Waals surface area contributed by atoms with Crippen molar-refractivity contribution >= 4 is 17.1 Å². The first-order valence-electron chi connectivity index (χ1n) is 3.34. The molecule has 0 radical (unpaired) electrons. The minimum Gasteiger partial charge on any atom is -0.396 e. The largest absolute Gasteiger partial charge is 0.396 e. The maximum atomic E-state index is 8.59. The Morgan fingerprint density at radius 1 is 1.60 bits per heavy atom. The Bertz CT molecular complexity index is 191. The maximum absolute atomic E-state index is 8.59. The summed E-state index contributed by atoms with van der Waals surface area (Å²) in [4.78, 5) is 0.964. The molecule has 1 nitrogen and oxygen atoms in total. The quantitative estimate of drug-likeness (QED) is 0.610. The lowest BCUT2D eigenvalue weighted by Gasteiger charge is -2.04. The monoisotopic (exact) mass is 154 g/mol. The Balaban J connectivity index is 2.57. The molecular formula is C8H10OS. The Morgan fingerprint density at radius 3 is 3.00 bits per heavy atom. The molecule has 0 unspecified atom stereocenters. The van der Waals surface area contributed by atoms with Gasteiger partial charge in [-0.05, 0) is 18.1 Å². The molecule has 0 atom stereocenters. The number of rotatable bonds is 2. The number of aliphatic hydroxyl groups excluding tert-OH is 1. The molecular weight excluding hydrogens is 144 g/mol. The van der Waals surface area contributed by atoms with E-state index in [2.05, 4.69) is 0 Å². The van der Waals surface area contributed by atoms with Crippen LogP contribution in [0.2, 0.25) is 0 Å². The van der Waals surface area contributed by atoms with Gasteiger partial charge in [-0.25, -0.2) is 0 Å². The number of hydrogen-bond donors (Lipinski definition) is 1. The van der Waals surface area contributed by atoms with Gasteiger partial charge in [0.25, 0.3) is 0 Å². The molecule has 10 heavy (non-hydrogen) atoms. The molecule has 0 aromatic rings. The summed E-state index contributed by atoms with van der Waals surface area (Å²) in [5.74, 6) is 0. The van der Waals surface area contributed by atoms with Crippen molar-refractivity contribution < 1.29 is 5.11 Å². The molecule has 1 N–H and O–H groups in total. The van der Waals surface area contributed by atoms with Crippen molar-refractivity contribution in [2.24, 2.45) is 0 Å². The van der Waals surface area contributed by atoms with Crippen molar-refractivity contribution in [3.63, 3.8) is 0 Å². The first-order valence-corrected chi connectivity index (χ1v) is 3.74. The molecule has 54 valence electrons. The third kappa shape index (κ3) is 2.05. The van der Waals surface area contributed by atoms with Crippen LogP contribution in [0.3, 0.4) is 0 Å². The lowest BCUT2D eigenvalue weighted by Crippen LogP contribution is -1.96. The van der Waals surface area contributed by atoms with Crippen LogP contribution in [0.15, 0.2) is 23.8 Å². The van der Waals surface area contributed by atoms with Gasteiger partial charge in [0.15, 0.2) is 0 Å². The van der Waals surface area contributed by atoms with Crippen molar-refractivity contribution in [2.45, 2.75) is 12.8 Å². The van der Waals surface area contributed by atoms with Gasteiger partial charge >= 0.3 is 0 Å². The molecule has 0 spiro atoms. The van der Waals surface area contributed by atoms with Gasteiger partial charge in [-0.15, -0.1) is 0 Å². The van der Waals surface area contributed by atoms with Crippen LogP contribution in [0.5, 0.6) is 0 Å². The molecule has 1 rings (SSSR count). The third-order valence-electron chi connectivity index (χ3n) is 1.40. The fourth-order valence-electron chi connectivity index (χ4n) is 0.925. The van der Waals surface area contributed by atoms with Gasteiger partial charge in [0.1, 0.15) is 0 Å². The highest BCUT2D eigenvalue weighted by atomic mass is 32.1. The van der Waals surface area contributed by atoms with E-state index in [9.17, 15) is 0 Å². The summed E-state index contributed by atoms with van der Waals surface area (Å²) in [7, 11) is 0. The van der Waals surface area contributed by atoms with Gasteiger partial charge in [-0.3, -0.25) is 0 Å². The molecule has 0 bridgehead atoms. The summed E-state index contributed by atoms with van der Waals surface area (Å²) >= 11 is 4.99. The van der Waals surface area contributed by atoms with Crippen molar-refractivity contribution in [1.82, 2.24) is 0 Å². The van der Waals surface area contributed by atoms with E-state index in [1.807, 2.05) is 18.2 Å². The number of thiocarbonyl (C=S) groups is 1. The van der Waals surface area contributed by atoms with E-state index in [1.54, 1.807) is 0 Å². The SMILES string of the molecule is OCCC1=CC(=S)CC=C1. The second kappa shape index (κ2) is 3.64. The smallest absolute Gasteiger partial charge is 0.0471 e. The Kier molecular flexibility index (Phi) is 2.78. The van der Waals surface area contributed by atoms with E-state index < -0.39 is 0 Å². The van der Waals surface area contributed by atoms with E-state index in [0.717, 1.165) is 23.3 Å². The summed E-state index contributed by atoms with van der Waals surface area (Å²) < 4.78 is 0. The van der Waals surface area contributed by atoms with E-state index >= 15 is 0 Å². The number of allylic oxidation sites excluding steroid dienone is 3. The van der Waals surface area contributed by atoms with Crippen LogP contribution in [0.4, 0.5) is 0 Å². The molecule has 0 aromatic heterocycles. The van der Waals surface area contributed by atoms with Gasteiger partial charge in [0.05, 0.1) is 0 Å². The average molecular weight is 154 g/mol. The van der Waals surface area contributed by atoms with Gasteiger partial charge in [-0.1, -0.05) is 24.4 Å². The molecule has 0 saturated carbocycles. The third-order valence-corrected chi connectivity index (χ3v) is 1.68. The predicted octanol–water partition coefficient (Wildman–Crippen LogP) is 1.62. The predicted molar refractivity (Wildman–Crippen MR) is 46.1 cm³/mol. The molecule has 0 heterocycles. The molecule has 1 aliphatic carbocycles. The second-order valence-corrected chi connectivity index (χ2v) is 2.79. The van der Waals surface area contributed by atoms with Crippen LogP contribution in [0, 0.1) is 0 Å². The summed E-state index contributed by atoms with van der Waals surface area (Å²) in [6.45, 7) is 0.207. The first-order chi connectivity index (χ1) is 4.83. The Labute approximate surface area is 66.1 Å². The molecule has 1 aliphatic rings. The zero-order valence-electron chi connectivity index (χ0n) is 5.71. The number of aliphatic hydroxyl groups is 1. The Hall–Kier alpha value is -0.470. The van der Waals surface area contributed by atoms with Crippen LogP contribution in [-0.4, -0.2) is 16.6 Å². The van der Waals surface area contributed by atoms with E-state index in [-0.39, 0.29) is 6.61 Å². The van der Waals surface area contributed by atoms with E-state index in [4.69, 9.17) is 17.3 Å². The molecule has 2 heteroatoms. The van der Waals surface area contributed by atoms with Gasteiger partial charge < -0.3 is 5.11 Å². The Morgan fingerprint density at radius 2 is 2.40 bits per heavy atom. The van der Waals surface area contributed by atoms with Crippen LogP contribution in [0.25, 0.3) is 0 Å². The van der Waals surface area contributed by atoms with Gasteiger partial charge in [0.2, 0.25) is 0 Å². The fraction of sp³-hybridized carbons (Fsp3) is 0.375. The lowest BCUT2D eigenvalue weighted by atomic mass is 10.1. The highest BCUT2D eigenvalue weighted by Gasteiger charge is 1.99. The van der Waals surface area contributed by atoms with E-state index in [0.29, 0.717) is 0 Å². The topological polar surface area (TPSA) is 20.2 Å².